The van der Waals surface area contributed by atoms with Crippen LogP contribution in [-0.2, 0) is 9.53 Å². The number of fused-ring (bicyclic) bond motifs is 1. The molecule has 4 nitrogen and oxygen atoms in total. The molecule has 0 heterocycles. The molecule has 0 aliphatic heterocycles. The maximum absolute atomic E-state index is 11.3. The van der Waals surface area contributed by atoms with Crippen molar-refractivity contribution >= 4 is 23.0 Å². The lowest BCUT2D eigenvalue weighted by Crippen LogP contribution is -2.14. The molecular weight excluding hydrogens is 244 g/mol. The molecule has 0 aliphatic carbocycles. The zero-order valence-electron chi connectivity index (χ0n) is 10.6. The largest absolute Gasteiger partial charge is 0.481 e. The molecule has 2 rings (SSSR count). The molecule has 0 spiro atoms. The summed E-state index contributed by atoms with van der Waals surface area (Å²) >= 11 is 0. The quantitative estimate of drug-likeness (QED) is 0.611. The number of carbonyl (C=O) groups is 2. The van der Waals surface area contributed by atoms with Gasteiger partial charge in [-0.3, -0.25) is 4.79 Å². The molecule has 0 saturated carbocycles. The first-order chi connectivity index (χ1) is 9.26. The fourth-order valence-electron chi connectivity index (χ4n) is 1.86. The van der Waals surface area contributed by atoms with Gasteiger partial charge in [-0.2, -0.15) is 0 Å². The Morgan fingerprint density at radius 3 is 2.58 bits per heavy atom. The fourth-order valence-corrected chi connectivity index (χ4v) is 1.86. The minimum Gasteiger partial charge on any atom is -0.481 e. The van der Waals surface area contributed by atoms with Crippen molar-refractivity contribution in [3.63, 3.8) is 0 Å². The monoisotopic (exact) mass is 258 g/mol. The van der Waals surface area contributed by atoms with Gasteiger partial charge in [0.2, 0.25) is 0 Å². The van der Waals surface area contributed by atoms with Gasteiger partial charge >= 0.3 is 5.97 Å². The first-order valence-electron chi connectivity index (χ1n) is 6.01. The highest BCUT2D eigenvalue weighted by Crippen LogP contribution is 2.27. The topological polar surface area (TPSA) is 52.6 Å². The average Bonchev–Trinajstić information content (AvgIpc) is 2.45. The lowest BCUT2D eigenvalue weighted by molar-refractivity contribution is -0.145. The first-order valence-corrected chi connectivity index (χ1v) is 6.01. The van der Waals surface area contributed by atoms with Crippen molar-refractivity contribution in [3.05, 3.63) is 42.0 Å². The van der Waals surface area contributed by atoms with E-state index in [0.29, 0.717) is 17.9 Å². The predicted molar refractivity (Wildman–Crippen MR) is 71.5 cm³/mol. The molecular formula is C15H14O4. The molecule has 0 amide bonds. The molecule has 2 aromatic rings. The highest BCUT2D eigenvalue weighted by atomic mass is 16.6. The van der Waals surface area contributed by atoms with Gasteiger partial charge in [0.25, 0.3) is 0 Å². The summed E-state index contributed by atoms with van der Waals surface area (Å²) in [6, 6.07) is 10.8. The van der Waals surface area contributed by atoms with Gasteiger partial charge in [0, 0.05) is 10.9 Å². The summed E-state index contributed by atoms with van der Waals surface area (Å²) in [6.45, 7) is 1.93. The second-order valence-corrected chi connectivity index (χ2v) is 3.91. The van der Waals surface area contributed by atoms with Gasteiger partial charge in [0.15, 0.2) is 12.9 Å². The van der Waals surface area contributed by atoms with Crippen LogP contribution in [-0.4, -0.2) is 25.5 Å². The zero-order valence-corrected chi connectivity index (χ0v) is 10.6. The maximum atomic E-state index is 11.3. The molecule has 0 aliphatic rings. The van der Waals surface area contributed by atoms with Crippen LogP contribution >= 0.6 is 0 Å². The van der Waals surface area contributed by atoms with E-state index in [2.05, 4.69) is 0 Å². The van der Waals surface area contributed by atoms with Gasteiger partial charge in [0.1, 0.15) is 5.75 Å². The van der Waals surface area contributed by atoms with Crippen molar-refractivity contribution < 1.29 is 19.1 Å². The van der Waals surface area contributed by atoms with Crippen LogP contribution in [0.15, 0.2) is 36.4 Å². The van der Waals surface area contributed by atoms with Crippen LogP contribution in [0.2, 0.25) is 0 Å². The van der Waals surface area contributed by atoms with E-state index in [4.69, 9.17) is 9.47 Å². The van der Waals surface area contributed by atoms with Gasteiger partial charge in [-0.1, -0.05) is 24.3 Å². The van der Waals surface area contributed by atoms with E-state index in [0.717, 1.165) is 17.1 Å². The molecule has 0 N–H and O–H groups in total. The Morgan fingerprint density at radius 1 is 1.16 bits per heavy atom. The summed E-state index contributed by atoms with van der Waals surface area (Å²) < 4.78 is 10.2. The third-order valence-corrected chi connectivity index (χ3v) is 2.70. The minimum absolute atomic E-state index is 0.141. The van der Waals surface area contributed by atoms with Gasteiger partial charge in [0.05, 0.1) is 6.61 Å². The lowest BCUT2D eigenvalue weighted by Gasteiger charge is -2.10. The normalized spacial score (nSPS) is 10.2. The Balaban J connectivity index is 2.29. The van der Waals surface area contributed by atoms with Crippen molar-refractivity contribution in [2.24, 2.45) is 0 Å². The van der Waals surface area contributed by atoms with E-state index in [1.807, 2.05) is 24.3 Å². The Kier molecular flexibility index (Phi) is 4.13. The van der Waals surface area contributed by atoms with E-state index in [-0.39, 0.29) is 6.61 Å². The third kappa shape index (κ3) is 2.91. The van der Waals surface area contributed by atoms with Gasteiger partial charge < -0.3 is 9.47 Å². The van der Waals surface area contributed by atoms with Crippen LogP contribution in [0, 0.1) is 0 Å². The summed E-state index contributed by atoms with van der Waals surface area (Å²) in [4.78, 5) is 22.2. The van der Waals surface area contributed by atoms with Crippen LogP contribution in [0.4, 0.5) is 0 Å². The predicted octanol–water partition coefficient (Wildman–Crippen LogP) is 2.59. The van der Waals surface area contributed by atoms with Crippen molar-refractivity contribution in [2.45, 2.75) is 6.92 Å². The molecule has 2 aromatic carbocycles. The molecule has 0 bridgehead atoms. The molecule has 98 valence electrons. The van der Waals surface area contributed by atoms with Crippen LogP contribution in [0.3, 0.4) is 0 Å². The number of rotatable bonds is 5. The minimum atomic E-state index is -0.411. The summed E-state index contributed by atoms with van der Waals surface area (Å²) in [5.74, 6) is 0.153. The van der Waals surface area contributed by atoms with Crippen molar-refractivity contribution in [1.82, 2.24) is 0 Å². The standard InChI is InChI=1S/C15H14O4/c1-2-18-15(17)10-19-14-8-7-11(9-16)12-5-3-4-6-13(12)14/h3-9H,2,10H2,1H3. The van der Waals surface area contributed by atoms with Gasteiger partial charge in [-0.15, -0.1) is 0 Å². The fraction of sp³-hybridized carbons (Fsp3) is 0.200. The zero-order chi connectivity index (χ0) is 13.7. The Morgan fingerprint density at radius 2 is 1.89 bits per heavy atom. The number of esters is 1. The molecule has 0 fully saturated rings. The molecule has 4 heteroatoms. The molecule has 0 unspecified atom stereocenters. The second-order valence-electron chi connectivity index (χ2n) is 3.91. The molecule has 0 atom stereocenters. The van der Waals surface area contributed by atoms with Crippen molar-refractivity contribution in [1.29, 1.82) is 0 Å². The number of aldehydes is 1. The molecule has 0 aromatic heterocycles. The van der Waals surface area contributed by atoms with Crippen LogP contribution in [0.5, 0.6) is 5.75 Å². The van der Waals surface area contributed by atoms with Gasteiger partial charge in [-0.05, 0) is 24.4 Å². The molecule has 0 radical (unpaired) electrons. The number of benzene rings is 2. The third-order valence-electron chi connectivity index (χ3n) is 2.70. The lowest BCUT2D eigenvalue weighted by atomic mass is 10.0. The van der Waals surface area contributed by atoms with Crippen LogP contribution in [0.25, 0.3) is 10.8 Å². The SMILES string of the molecule is CCOC(=O)COc1ccc(C=O)c2ccccc12. The van der Waals surface area contributed by atoms with Crippen molar-refractivity contribution in [2.75, 3.05) is 13.2 Å². The highest BCUT2D eigenvalue weighted by molar-refractivity contribution is 6.01. The van der Waals surface area contributed by atoms with Crippen molar-refractivity contribution in [3.8, 4) is 5.75 Å². The summed E-state index contributed by atoms with van der Waals surface area (Å²) in [5, 5.41) is 1.61. The van der Waals surface area contributed by atoms with E-state index in [1.54, 1.807) is 19.1 Å². The Bertz CT molecular complexity index is 604. The van der Waals surface area contributed by atoms with E-state index >= 15 is 0 Å². The Hall–Kier alpha value is -2.36. The summed E-state index contributed by atoms with van der Waals surface area (Å²) in [7, 11) is 0. The summed E-state index contributed by atoms with van der Waals surface area (Å²) in [5.41, 5.74) is 0.596. The second kappa shape index (κ2) is 6.00. The maximum Gasteiger partial charge on any atom is 0.344 e. The summed E-state index contributed by atoms with van der Waals surface area (Å²) in [6.07, 6.45) is 0.803. The number of ether oxygens (including phenoxy) is 2. The van der Waals surface area contributed by atoms with Crippen LogP contribution in [0.1, 0.15) is 17.3 Å². The number of hydrogen-bond donors (Lipinski definition) is 0. The van der Waals surface area contributed by atoms with E-state index in [9.17, 15) is 9.59 Å². The molecule has 0 saturated heterocycles. The van der Waals surface area contributed by atoms with Crippen LogP contribution < -0.4 is 4.74 Å². The van der Waals surface area contributed by atoms with E-state index in [1.165, 1.54) is 0 Å². The van der Waals surface area contributed by atoms with Gasteiger partial charge in [-0.25, -0.2) is 4.79 Å². The highest BCUT2D eigenvalue weighted by Gasteiger charge is 2.08. The Labute approximate surface area is 110 Å². The average molecular weight is 258 g/mol. The first kappa shape index (κ1) is 13.1. The van der Waals surface area contributed by atoms with E-state index < -0.39 is 5.97 Å². The molecule has 19 heavy (non-hydrogen) atoms. The number of hydrogen-bond acceptors (Lipinski definition) is 4. The smallest absolute Gasteiger partial charge is 0.344 e. The number of carbonyl (C=O) groups excluding carboxylic acids is 2.